The Hall–Kier alpha value is -2.98. The summed E-state index contributed by atoms with van der Waals surface area (Å²) < 4.78 is 12.0. The van der Waals surface area contributed by atoms with Gasteiger partial charge in [-0.2, -0.15) is 0 Å². The van der Waals surface area contributed by atoms with Crippen LogP contribution in [0.5, 0.6) is 11.5 Å². The van der Waals surface area contributed by atoms with Crippen LogP contribution in [0, 0.1) is 0 Å². The Balaban J connectivity index is 1.54. The molecule has 0 unspecified atom stereocenters. The van der Waals surface area contributed by atoms with Crippen LogP contribution in [0.1, 0.15) is 21.5 Å². The van der Waals surface area contributed by atoms with Gasteiger partial charge < -0.3 is 19.9 Å². The first-order chi connectivity index (χ1) is 17.2. The van der Waals surface area contributed by atoms with Crippen LogP contribution in [0.25, 0.3) is 6.08 Å². The van der Waals surface area contributed by atoms with Gasteiger partial charge in [0.15, 0.2) is 16.7 Å². The Bertz CT molecular complexity index is 1430. The van der Waals surface area contributed by atoms with E-state index in [1.807, 2.05) is 0 Å². The molecule has 0 aromatic heterocycles. The van der Waals surface area contributed by atoms with Crippen molar-refractivity contribution in [1.82, 2.24) is 5.32 Å². The van der Waals surface area contributed by atoms with Gasteiger partial charge in [-0.25, -0.2) is 9.79 Å². The van der Waals surface area contributed by atoms with E-state index in [1.54, 1.807) is 54.6 Å². The molecular weight excluding hydrogens is 591 g/mol. The maximum atomic E-state index is 12.5. The fourth-order valence-electron chi connectivity index (χ4n) is 3.23. The average Bonchev–Trinajstić information content (AvgIpc) is 3.19. The van der Waals surface area contributed by atoms with Crippen LogP contribution in [-0.4, -0.2) is 29.3 Å². The number of carbonyl (C=O) groups is 2. The third kappa shape index (κ3) is 6.04. The Kier molecular flexibility index (Phi) is 8.25. The number of carbonyl (C=O) groups excluding carboxylic acids is 1. The Morgan fingerprint density at radius 1 is 1.19 bits per heavy atom. The highest BCUT2D eigenvalue weighted by atomic mass is 79.9. The molecule has 3 aromatic rings. The smallest absolute Gasteiger partial charge is 0.335 e. The number of amidine groups is 1. The molecule has 184 valence electrons. The van der Waals surface area contributed by atoms with Gasteiger partial charge in [0, 0.05) is 0 Å². The summed E-state index contributed by atoms with van der Waals surface area (Å²) >= 11 is 16.9. The molecule has 0 aliphatic carbocycles. The molecule has 1 aliphatic rings. The molecule has 36 heavy (non-hydrogen) atoms. The standard InChI is InChI=1S/C25H17BrCl2N2O5S/c1-34-19-10-14(9-16(26)22(19)35-12-13-4-2-5-15(8-13)24(32)33)11-20-23(31)30-25(36-20)29-18-7-3-6-17(27)21(18)28/h2-11H,12H2,1H3,(H,32,33)(H,29,30,31)/b20-11-. The number of hydrogen-bond donors (Lipinski definition) is 2. The zero-order chi connectivity index (χ0) is 25.8. The molecule has 1 aliphatic heterocycles. The molecule has 1 fully saturated rings. The highest BCUT2D eigenvalue weighted by molar-refractivity contribution is 9.10. The molecular formula is C25H17BrCl2N2O5S. The fourth-order valence-corrected chi connectivity index (χ4v) is 4.98. The molecule has 0 saturated carbocycles. The Morgan fingerprint density at radius 3 is 2.72 bits per heavy atom. The molecule has 4 rings (SSSR count). The van der Waals surface area contributed by atoms with Gasteiger partial charge >= 0.3 is 5.97 Å². The van der Waals surface area contributed by atoms with E-state index >= 15 is 0 Å². The predicted octanol–water partition coefficient (Wildman–Crippen LogP) is 6.93. The minimum Gasteiger partial charge on any atom is -0.493 e. The molecule has 0 spiro atoms. The summed E-state index contributed by atoms with van der Waals surface area (Å²) in [4.78, 5) is 28.6. The van der Waals surface area contributed by atoms with Crippen molar-refractivity contribution in [2.24, 2.45) is 4.99 Å². The van der Waals surface area contributed by atoms with E-state index in [1.165, 1.54) is 24.9 Å². The quantitative estimate of drug-likeness (QED) is 0.283. The molecule has 1 heterocycles. The summed E-state index contributed by atoms with van der Waals surface area (Å²) in [5.74, 6) is -0.424. The first-order valence-electron chi connectivity index (χ1n) is 10.3. The number of benzene rings is 3. The highest BCUT2D eigenvalue weighted by Crippen LogP contribution is 2.39. The van der Waals surface area contributed by atoms with Crippen molar-refractivity contribution < 1.29 is 24.2 Å². The third-order valence-corrected chi connectivity index (χ3v) is 7.22. The zero-order valence-electron chi connectivity index (χ0n) is 18.6. The van der Waals surface area contributed by atoms with Crippen molar-refractivity contribution in [1.29, 1.82) is 0 Å². The molecule has 1 amide bonds. The second kappa shape index (κ2) is 11.4. The number of aliphatic imine (C=N–C) groups is 1. The van der Waals surface area contributed by atoms with E-state index in [-0.39, 0.29) is 18.1 Å². The molecule has 0 atom stereocenters. The monoisotopic (exact) mass is 606 g/mol. The van der Waals surface area contributed by atoms with Gasteiger partial charge in [-0.05, 0) is 81.3 Å². The Morgan fingerprint density at radius 2 is 1.97 bits per heavy atom. The number of halogens is 3. The van der Waals surface area contributed by atoms with Gasteiger partial charge in [0.25, 0.3) is 5.91 Å². The maximum absolute atomic E-state index is 12.5. The van der Waals surface area contributed by atoms with Gasteiger partial charge in [0.05, 0.1) is 37.8 Å². The van der Waals surface area contributed by atoms with Gasteiger partial charge in [0.2, 0.25) is 0 Å². The second-order valence-electron chi connectivity index (χ2n) is 7.38. The number of aromatic carboxylic acids is 1. The van der Waals surface area contributed by atoms with Crippen molar-refractivity contribution in [3.63, 3.8) is 0 Å². The summed E-state index contributed by atoms with van der Waals surface area (Å²) in [5, 5.41) is 13.0. The SMILES string of the molecule is COc1cc(/C=C2\SC(=Nc3cccc(Cl)c3Cl)NC2=O)cc(Br)c1OCc1cccc(C(=O)O)c1. The molecule has 11 heteroatoms. The number of rotatable bonds is 7. The first-order valence-corrected chi connectivity index (χ1v) is 12.7. The number of carboxylic acids is 1. The normalized spacial score (nSPS) is 15.3. The molecule has 7 nitrogen and oxygen atoms in total. The number of ether oxygens (including phenoxy) is 2. The third-order valence-electron chi connectivity index (χ3n) is 4.91. The lowest BCUT2D eigenvalue weighted by Gasteiger charge is -2.14. The number of nitrogens with one attached hydrogen (secondary N) is 1. The van der Waals surface area contributed by atoms with Gasteiger partial charge in [-0.3, -0.25) is 4.79 Å². The van der Waals surface area contributed by atoms with E-state index in [4.69, 9.17) is 32.7 Å². The first kappa shape index (κ1) is 26.1. The maximum Gasteiger partial charge on any atom is 0.335 e. The minimum atomic E-state index is -1.01. The van der Waals surface area contributed by atoms with Crippen LogP contribution in [-0.2, 0) is 11.4 Å². The van der Waals surface area contributed by atoms with E-state index in [0.717, 1.165) is 0 Å². The van der Waals surface area contributed by atoms with E-state index in [9.17, 15) is 14.7 Å². The van der Waals surface area contributed by atoms with Crippen molar-refractivity contribution >= 4 is 79.7 Å². The predicted molar refractivity (Wildman–Crippen MR) is 146 cm³/mol. The lowest BCUT2D eigenvalue weighted by Crippen LogP contribution is -2.19. The number of hydrogen-bond acceptors (Lipinski definition) is 6. The average molecular weight is 608 g/mol. The summed E-state index contributed by atoms with van der Waals surface area (Å²) in [5.41, 5.74) is 2.02. The van der Waals surface area contributed by atoms with Gasteiger partial charge in [0.1, 0.15) is 6.61 Å². The van der Waals surface area contributed by atoms with Crippen LogP contribution >= 0.6 is 50.9 Å². The molecule has 0 radical (unpaired) electrons. The van der Waals surface area contributed by atoms with Crippen molar-refractivity contribution in [3.05, 3.63) is 90.7 Å². The molecule has 0 bridgehead atoms. The fraction of sp³-hybridized carbons (Fsp3) is 0.0800. The van der Waals surface area contributed by atoms with Crippen LogP contribution in [0.3, 0.4) is 0 Å². The number of thioether (sulfide) groups is 1. The van der Waals surface area contributed by atoms with Crippen molar-refractivity contribution in [3.8, 4) is 11.5 Å². The summed E-state index contributed by atoms with van der Waals surface area (Å²) in [6.07, 6.45) is 1.70. The topological polar surface area (TPSA) is 97.2 Å². The number of amides is 1. The second-order valence-corrected chi connectivity index (χ2v) is 10.1. The van der Waals surface area contributed by atoms with E-state index in [0.29, 0.717) is 52.9 Å². The van der Waals surface area contributed by atoms with Crippen LogP contribution in [0.15, 0.2) is 69.0 Å². The molecule has 1 saturated heterocycles. The Labute approximate surface area is 229 Å². The van der Waals surface area contributed by atoms with Crippen LogP contribution in [0.2, 0.25) is 10.0 Å². The van der Waals surface area contributed by atoms with Crippen molar-refractivity contribution in [2.45, 2.75) is 6.61 Å². The van der Waals surface area contributed by atoms with Gasteiger partial charge in [-0.1, -0.05) is 41.4 Å². The number of carboxylic acid groups (broad SMARTS) is 1. The zero-order valence-corrected chi connectivity index (χ0v) is 22.5. The summed E-state index contributed by atoms with van der Waals surface area (Å²) in [6, 6.07) is 15.1. The molecule has 2 N–H and O–H groups in total. The number of methoxy groups -OCH3 is 1. The van der Waals surface area contributed by atoms with Gasteiger partial charge in [-0.15, -0.1) is 0 Å². The largest absolute Gasteiger partial charge is 0.493 e. The minimum absolute atomic E-state index is 0.140. The van der Waals surface area contributed by atoms with Crippen LogP contribution < -0.4 is 14.8 Å². The molecule has 3 aromatic carbocycles. The van der Waals surface area contributed by atoms with Crippen LogP contribution in [0.4, 0.5) is 5.69 Å². The highest BCUT2D eigenvalue weighted by Gasteiger charge is 2.25. The van der Waals surface area contributed by atoms with E-state index in [2.05, 4.69) is 26.2 Å². The lowest BCUT2D eigenvalue weighted by atomic mass is 10.1. The lowest BCUT2D eigenvalue weighted by molar-refractivity contribution is -0.115. The summed E-state index contributed by atoms with van der Waals surface area (Å²) in [6.45, 7) is 0.140. The van der Waals surface area contributed by atoms with Crippen molar-refractivity contribution in [2.75, 3.05) is 7.11 Å². The van der Waals surface area contributed by atoms with E-state index < -0.39 is 5.97 Å². The summed E-state index contributed by atoms with van der Waals surface area (Å²) in [7, 11) is 1.51. The number of nitrogens with zero attached hydrogens (tertiary/aromatic N) is 1.